The molecule has 0 saturated heterocycles. The van der Waals surface area contributed by atoms with Crippen molar-refractivity contribution in [3.05, 3.63) is 18.3 Å². The molecule has 0 saturated carbocycles. The van der Waals surface area contributed by atoms with Crippen LogP contribution in [0.25, 0.3) is 0 Å². The lowest BCUT2D eigenvalue weighted by atomic mass is 10.3. The van der Waals surface area contributed by atoms with E-state index in [2.05, 4.69) is 10.3 Å². The lowest BCUT2D eigenvalue weighted by molar-refractivity contribution is -0.116. The standard InChI is InChI=1S/C12H18N2O4/c1-2-3-12(17)14-11-6-10(4-5-13-11)18-8-9(16)7-15/h4-6,9,15-16H,2-3,7-8H2,1H3,(H,13,14,17)/t9-/m1/s1. The highest BCUT2D eigenvalue weighted by Gasteiger charge is 2.05. The Kier molecular flexibility index (Phi) is 6.10. The van der Waals surface area contributed by atoms with Gasteiger partial charge in [-0.1, -0.05) is 6.92 Å². The second kappa shape index (κ2) is 7.62. The van der Waals surface area contributed by atoms with Crippen LogP contribution in [0.5, 0.6) is 5.75 Å². The van der Waals surface area contributed by atoms with Crippen LogP contribution >= 0.6 is 0 Å². The molecule has 0 aliphatic carbocycles. The van der Waals surface area contributed by atoms with Gasteiger partial charge in [-0.15, -0.1) is 0 Å². The molecule has 1 aromatic rings. The number of nitrogens with zero attached hydrogens (tertiary/aromatic N) is 1. The van der Waals surface area contributed by atoms with Crippen LogP contribution in [0.4, 0.5) is 5.82 Å². The Morgan fingerprint density at radius 2 is 2.39 bits per heavy atom. The van der Waals surface area contributed by atoms with Crippen LogP contribution in [0.15, 0.2) is 18.3 Å². The first-order valence-electron chi connectivity index (χ1n) is 5.83. The maximum absolute atomic E-state index is 11.4. The molecule has 1 amide bonds. The number of carbonyl (C=O) groups is 1. The van der Waals surface area contributed by atoms with E-state index in [0.717, 1.165) is 6.42 Å². The second-order valence-electron chi connectivity index (χ2n) is 3.82. The number of hydrogen-bond donors (Lipinski definition) is 3. The molecule has 1 rings (SSSR count). The van der Waals surface area contributed by atoms with Gasteiger partial charge in [-0.05, 0) is 12.5 Å². The molecular formula is C12H18N2O4. The van der Waals surface area contributed by atoms with Gasteiger partial charge in [0.25, 0.3) is 0 Å². The molecular weight excluding hydrogens is 236 g/mol. The highest BCUT2D eigenvalue weighted by atomic mass is 16.5. The SMILES string of the molecule is CCCC(=O)Nc1cc(OC[C@H](O)CO)ccn1. The summed E-state index contributed by atoms with van der Waals surface area (Å²) in [7, 11) is 0. The number of rotatable bonds is 7. The van der Waals surface area contributed by atoms with Crippen molar-refractivity contribution in [2.24, 2.45) is 0 Å². The van der Waals surface area contributed by atoms with Gasteiger partial charge in [0.15, 0.2) is 0 Å². The Bertz CT molecular complexity index is 384. The molecule has 0 aliphatic heterocycles. The average Bonchev–Trinajstić information content (AvgIpc) is 2.36. The minimum Gasteiger partial charge on any atom is -0.491 e. The molecule has 0 aliphatic rings. The van der Waals surface area contributed by atoms with E-state index in [1.807, 2.05) is 6.92 Å². The fraction of sp³-hybridized carbons (Fsp3) is 0.500. The van der Waals surface area contributed by atoms with E-state index in [9.17, 15) is 4.79 Å². The Morgan fingerprint density at radius 3 is 3.06 bits per heavy atom. The quantitative estimate of drug-likeness (QED) is 0.661. The molecule has 0 radical (unpaired) electrons. The number of aliphatic hydroxyl groups is 2. The fourth-order valence-electron chi connectivity index (χ4n) is 1.25. The van der Waals surface area contributed by atoms with E-state index in [-0.39, 0.29) is 19.1 Å². The van der Waals surface area contributed by atoms with Crippen LogP contribution in [0.1, 0.15) is 19.8 Å². The van der Waals surface area contributed by atoms with Crippen LogP contribution < -0.4 is 10.1 Å². The topological polar surface area (TPSA) is 91.7 Å². The smallest absolute Gasteiger partial charge is 0.225 e. The molecule has 18 heavy (non-hydrogen) atoms. The molecule has 3 N–H and O–H groups in total. The van der Waals surface area contributed by atoms with Crippen molar-refractivity contribution in [1.82, 2.24) is 4.98 Å². The van der Waals surface area contributed by atoms with Crippen LogP contribution in [0.2, 0.25) is 0 Å². The van der Waals surface area contributed by atoms with E-state index in [0.29, 0.717) is 18.0 Å². The van der Waals surface area contributed by atoms with Gasteiger partial charge in [0.1, 0.15) is 24.3 Å². The minimum absolute atomic E-state index is 0.0111. The summed E-state index contributed by atoms with van der Waals surface area (Å²) in [4.78, 5) is 15.4. The van der Waals surface area contributed by atoms with Gasteiger partial charge < -0.3 is 20.3 Å². The molecule has 0 spiro atoms. The Balaban J connectivity index is 2.53. The van der Waals surface area contributed by atoms with Crippen molar-refractivity contribution in [1.29, 1.82) is 0 Å². The van der Waals surface area contributed by atoms with Crippen molar-refractivity contribution < 1.29 is 19.7 Å². The predicted molar refractivity (Wildman–Crippen MR) is 66.4 cm³/mol. The summed E-state index contributed by atoms with van der Waals surface area (Å²) < 4.78 is 5.24. The van der Waals surface area contributed by atoms with Crippen molar-refractivity contribution in [2.45, 2.75) is 25.9 Å². The Labute approximate surface area is 106 Å². The first-order valence-corrected chi connectivity index (χ1v) is 5.83. The molecule has 1 aromatic heterocycles. The van der Waals surface area contributed by atoms with Gasteiger partial charge >= 0.3 is 0 Å². The van der Waals surface area contributed by atoms with Gasteiger partial charge in [-0.2, -0.15) is 0 Å². The van der Waals surface area contributed by atoms with Crippen molar-refractivity contribution in [2.75, 3.05) is 18.5 Å². The van der Waals surface area contributed by atoms with Gasteiger partial charge in [-0.25, -0.2) is 4.98 Å². The summed E-state index contributed by atoms with van der Waals surface area (Å²) in [5.41, 5.74) is 0. The van der Waals surface area contributed by atoms with Gasteiger partial charge in [-0.3, -0.25) is 4.79 Å². The van der Waals surface area contributed by atoms with E-state index in [4.69, 9.17) is 14.9 Å². The number of carbonyl (C=O) groups excluding carboxylic acids is 1. The van der Waals surface area contributed by atoms with Crippen molar-refractivity contribution in [3.63, 3.8) is 0 Å². The van der Waals surface area contributed by atoms with Crippen LogP contribution in [0, 0.1) is 0 Å². The largest absolute Gasteiger partial charge is 0.491 e. The summed E-state index contributed by atoms with van der Waals surface area (Å²) in [6.45, 7) is 1.55. The summed E-state index contributed by atoms with van der Waals surface area (Å²) in [6, 6.07) is 3.18. The van der Waals surface area contributed by atoms with Gasteiger partial charge in [0, 0.05) is 18.7 Å². The van der Waals surface area contributed by atoms with Crippen LogP contribution in [0.3, 0.4) is 0 Å². The van der Waals surface area contributed by atoms with E-state index < -0.39 is 6.10 Å². The zero-order valence-corrected chi connectivity index (χ0v) is 10.3. The second-order valence-corrected chi connectivity index (χ2v) is 3.82. The Morgan fingerprint density at radius 1 is 1.61 bits per heavy atom. The lowest BCUT2D eigenvalue weighted by Crippen LogP contribution is -2.21. The molecule has 1 heterocycles. The molecule has 0 aromatic carbocycles. The molecule has 0 fully saturated rings. The highest BCUT2D eigenvalue weighted by Crippen LogP contribution is 2.15. The predicted octanol–water partition coefficient (Wildman–Crippen LogP) is 0.552. The fourth-order valence-corrected chi connectivity index (χ4v) is 1.25. The highest BCUT2D eigenvalue weighted by molar-refractivity contribution is 5.89. The maximum Gasteiger partial charge on any atom is 0.225 e. The van der Waals surface area contributed by atoms with Crippen LogP contribution in [-0.2, 0) is 4.79 Å². The van der Waals surface area contributed by atoms with E-state index in [1.165, 1.54) is 6.20 Å². The number of anilines is 1. The summed E-state index contributed by atoms with van der Waals surface area (Å²) in [5.74, 6) is 0.784. The van der Waals surface area contributed by atoms with Crippen molar-refractivity contribution >= 4 is 11.7 Å². The third-order valence-electron chi connectivity index (χ3n) is 2.13. The third kappa shape index (κ3) is 5.11. The molecule has 0 unspecified atom stereocenters. The average molecular weight is 254 g/mol. The number of ether oxygens (including phenoxy) is 1. The zero-order valence-electron chi connectivity index (χ0n) is 10.3. The van der Waals surface area contributed by atoms with E-state index >= 15 is 0 Å². The number of aromatic nitrogens is 1. The maximum atomic E-state index is 11.4. The summed E-state index contributed by atoms with van der Waals surface area (Å²) in [5, 5.41) is 20.4. The number of aliphatic hydroxyl groups excluding tert-OH is 2. The number of pyridine rings is 1. The first kappa shape index (κ1) is 14.4. The lowest BCUT2D eigenvalue weighted by Gasteiger charge is -2.10. The summed E-state index contributed by atoms with van der Waals surface area (Å²) in [6.07, 6.45) is 1.79. The molecule has 100 valence electrons. The van der Waals surface area contributed by atoms with Crippen LogP contribution in [-0.4, -0.2) is 40.4 Å². The molecule has 0 bridgehead atoms. The van der Waals surface area contributed by atoms with Crippen molar-refractivity contribution in [3.8, 4) is 5.75 Å². The number of amides is 1. The molecule has 6 nitrogen and oxygen atoms in total. The normalized spacial score (nSPS) is 11.9. The third-order valence-corrected chi connectivity index (χ3v) is 2.13. The minimum atomic E-state index is -0.920. The van der Waals surface area contributed by atoms with Gasteiger partial charge in [0.05, 0.1) is 6.61 Å². The van der Waals surface area contributed by atoms with Gasteiger partial charge in [0.2, 0.25) is 5.91 Å². The number of hydrogen-bond acceptors (Lipinski definition) is 5. The summed E-state index contributed by atoms with van der Waals surface area (Å²) >= 11 is 0. The monoisotopic (exact) mass is 254 g/mol. The first-order chi connectivity index (χ1) is 8.65. The van der Waals surface area contributed by atoms with E-state index in [1.54, 1.807) is 12.1 Å². The Hall–Kier alpha value is -1.66. The number of nitrogens with one attached hydrogen (secondary N) is 1. The zero-order chi connectivity index (χ0) is 13.4. The molecule has 6 heteroatoms. The molecule has 1 atom stereocenters.